The molecule has 0 atom stereocenters. The van der Waals surface area contributed by atoms with Crippen LogP contribution in [-0.4, -0.2) is 22.4 Å². The zero-order chi connectivity index (χ0) is 20.5. The highest BCUT2D eigenvalue weighted by atomic mass is 79.9. The van der Waals surface area contributed by atoms with E-state index in [9.17, 15) is 14.4 Å². The lowest BCUT2D eigenvalue weighted by atomic mass is 10.1. The summed E-state index contributed by atoms with van der Waals surface area (Å²) in [6, 6.07) is 13.4. The second-order valence-corrected chi connectivity index (χ2v) is 7.28. The number of hydrogen-bond donors (Lipinski definition) is 1. The maximum atomic E-state index is 13.0. The Bertz CT molecular complexity index is 1230. The molecular formula is C22H14BrN3O3. The molecule has 1 aromatic heterocycles. The molecule has 1 saturated heterocycles. The van der Waals surface area contributed by atoms with Crippen molar-refractivity contribution in [3.8, 4) is 12.3 Å². The molecule has 2 aromatic carbocycles. The standard InChI is InChI=1S/C22H14BrN3O3/c1-2-11-25-13-14(17-5-3-4-6-19(17)25)12-18-20(27)24-22(29)26(21(18)28)16-9-7-15(23)8-10-16/h1,3-10,12-13H,11H2,(H,24,27,29)/b18-12-. The second-order valence-electron chi connectivity index (χ2n) is 6.37. The van der Waals surface area contributed by atoms with E-state index in [4.69, 9.17) is 6.42 Å². The Hall–Kier alpha value is -3.63. The molecule has 29 heavy (non-hydrogen) atoms. The van der Waals surface area contributed by atoms with Crippen LogP contribution in [-0.2, 0) is 16.1 Å². The summed E-state index contributed by atoms with van der Waals surface area (Å²) < 4.78 is 2.67. The monoisotopic (exact) mass is 447 g/mol. The fraction of sp³-hybridized carbons (Fsp3) is 0.0455. The van der Waals surface area contributed by atoms with E-state index in [0.29, 0.717) is 17.8 Å². The quantitative estimate of drug-likeness (QED) is 0.378. The molecule has 7 heteroatoms. The number of rotatable bonds is 3. The van der Waals surface area contributed by atoms with Crippen molar-refractivity contribution >= 4 is 56.4 Å². The van der Waals surface area contributed by atoms with Gasteiger partial charge in [-0.1, -0.05) is 40.0 Å². The minimum atomic E-state index is -0.783. The maximum Gasteiger partial charge on any atom is 0.335 e. The van der Waals surface area contributed by atoms with Crippen LogP contribution in [0.4, 0.5) is 10.5 Å². The molecule has 1 N–H and O–H groups in total. The van der Waals surface area contributed by atoms with Crippen molar-refractivity contribution in [3.05, 3.63) is 70.3 Å². The van der Waals surface area contributed by atoms with Gasteiger partial charge in [0.05, 0.1) is 12.2 Å². The number of imide groups is 2. The van der Waals surface area contributed by atoms with Crippen molar-refractivity contribution in [2.24, 2.45) is 0 Å². The van der Waals surface area contributed by atoms with Crippen molar-refractivity contribution in [1.82, 2.24) is 9.88 Å². The van der Waals surface area contributed by atoms with Crippen molar-refractivity contribution in [1.29, 1.82) is 0 Å². The third kappa shape index (κ3) is 3.35. The van der Waals surface area contributed by atoms with Gasteiger partial charge in [0.15, 0.2) is 0 Å². The number of nitrogens with one attached hydrogen (secondary N) is 1. The summed E-state index contributed by atoms with van der Waals surface area (Å²) >= 11 is 3.32. The average Bonchev–Trinajstić information content (AvgIpc) is 3.04. The second kappa shape index (κ2) is 7.41. The zero-order valence-corrected chi connectivity index (χ0v) is 16.6. The summed E-state index contributed by atoms with van der Waals surface area (Å²) in [6.07, 6.45) is 8.73. The van der Waals surface area contributed by atoms with Gasteiger partial charge in [-0.2, -0.15) is 0 Å². The first-order valence-electron chi connectivity index (χ1n) is 8.68. The van der Waals surface area contributed by atoms with Gasteiger partial charge in [-0.05, 0) is 36.4 Å². The van der Waals surface area contributed by atoms with Crippen LogP contribution in [0.3, 0.4) is 0 Å². The lowest BCUT2D eigenvalue weighted by Crippen LogP contribution is -2.54. The van der Waals surface area contributed by atoms with E-state index < -0.39 is 17.8 Å². The van der Waals surface area contributed by atoms with Crippen molar-refractivity contribution in [2.45, 2.75) is 6.54 Å². The van der Waals surface area contributed by atoms with Crippen LogP contribution in [0.2, 0.25) is 0 Å². The van der Waals surface area contributed by atoms with E-state index in [1.807, 2.05) is 28.8 Å². The van der Waals surface area contributed by atoms with Gasteiger partial charge in [-0.3, -0.25) is 14.9 Å². The highest BCUT2D eigenvalue weighted by Gasteiger charge is 2.36. The Kier molecular flexibility index (Phi) is 4.79. The first-order valence-corrected chi connectivity index (χ1v) is 9.47. The Labute approximate surface area is 174 Å². The molecule has 142 valence electrons. The van der Waals surface area contributed by atoms with E-state index in [-0.39, 0.29) is 5.57 Å². The molecule has 1 aliphatic heterocycles. The molecule has 0 saturated carbocycles. The number of fused-ring (bicyclic) bond motifs is 1. The van der Waals surface area contributed by atoms with Crippen molar-refractivity contribution in [2.75, 3.05) is 4.90 Å². The van der Waals surface area contributed by atoms with Crippen LogP contribution in [0.1, 0.15) is 5.56 Å². The molecule has 6 nitrogen and oxygen atoms in total. The molecule has 1 aliphatic rings. The number of amides is 4. The van der Waals surface area contributed by atoms with Crippen LogP contribution < -0.4 is 10.2 Å². The fourth-order valence-corrected chi connectivity index (χ4v) is 3.52. The number of aromatic nitrogens is 1. The lowest BCUT2D eigenvalue weighted by Gasteiger charge is -2.26. The number of anilines is 1. The van der Waals surface area contributed by atoms with Gasteiger partial charge in [0.2, 0.25) is 0 Å². The van der Waals surface area contributed by atoms with E-state index in [0.717, 1.165) is 20.3 Å². The third-order valence-electron chi connectivity index (χ3n) is 4.57. The van der Waals surface area contributed by atoms with Gasteiger partial charge < -0.3 is 4.57 Å². The predicted octanol–water partition coefficient (Wildman–Crippen LogP) is 3.70. The predicted molar refractivity (Wildman–Crippen MR) is 114 cm³/mol. The summed E-state index contributed by atoms with van der Waals surface area (Å²) in [5.74, 6) is 1.17. The van der Waals surface area contributed by atoms with Crippen LogP contribution in [0.5, 0.6) is 0 Å². The molecule has 0 spiro atoms. The van der Waals surface area contributed by atoms with Gasteiger partial charge in [0.1, 0.15) is 5.57 Å². The van der Waals surface area contributed by atoms with Crippen LogP contribution in [0.15, 0.2) is 64.8 Å². The number of barbiturate groups is 1. The lowest BCUT2D eigenvalue weighted by molar-refractivity contribution is -0.122. The summed E-state index contributed by atoms with van der Waals surface area (Å²) in [5.41, 5.74) is 1.79. The van der Waals surface area contributed by atoms with Crippen molar-refractivity contribution in [3.63, 3.8) is 0 Å². The molecule has 2 heterocycles. The summed E-state index contributed by atoms with van der Waals surface area (Å²) in [7, 11) is 0. The average molecular weight is 448 g/mol. The molecule has 4 amide bonds. The van der Waals surface area contributed by atoms with E-state index in [1.54, 1.807) is 30.5 Å². The van der Waals surface area contributed by atoms with E-state index >= 15 is 0 Å². The zero-order valence-electron chi connectivity index (χ0n) is 15.1. The molecular weight excluding hydrogens is 434 g/mol. The van der Waals surface area contributed by atoms with Crippen LogP contribution in [0, 0.1) is 12.3 Å². The molecule has 3 aromatic rings. The largest absolute Gasteiger partial charge is 0.335 e. The molecule has 4 rings (SSSR count). The number of urea groups is 1. The third-order valence-corrected chi connectivity index (χ3v) is 5.10. The van der Waals surface area contributed by atoms with Gasteiger partial charge in [0, 0.05) is 27.1 Å². The minimum Gasteiger partial charge on any atom is -0.335 e. The normalized spacial score (nSPS) is 15.7. The number of hydrogen-bond acceptors (Lipinski definition) is 3. The van der Waals surface area contributed by atoms with Gasteiger partial charge in [-0.15, -0.1) is 6.42 Å². The van der Waals surface area contributed by atoms with Crippen molar-refractivity contribution < 1.29 is 14.4 Å². The van der Waals surface area contributed by atoms with Crippen LogP contribution in [0.25, 0.3) is 17.0 Å². The SMILES string of the molecule is C#CCn1cc(/C=C2/C(=O)NC(=O)N(c3ccc(Br)cc3)C2=O)c2ccccc21. The Morgan fingerprint density at radius 2 is 1.79 bits per heavy atom. The van der Waals surface area contributed by atoms with Gasteiger partial charge >= 0.3 is 6.03 Å². The molecule has 0 bridgehead atoms. The Morgan fingerprint density at radius 1 is 1.07 bits per heavy atom. The number of halogens is 1. The molecule has 1 fully saturated rings. The minimum absolute atomic E-state index is 0.129. The highest BCUT2D eigenvalue weighted by Crippen LogP contribution is 2.27. The molecule has 0 radical (unpaired) electrons. The summed E-state index contributed by atoms with van der Waals surface area (Å²) in [6.45, 7) is 0.354. The topological polar surface area (TPSA) is 71.4 Å². The number of carbonyl (C=O) groups is 3. The van der Waals surface area contributed by atoms with E-state index in [2.05, 4.69) is 27.2 Å². The molecule has 0 aliphatic carbocycles. The smallest absolute Gasteiger partial charge is 0.335 e. The fourth-order valence-electron chi connectivity index (χ4n) is 3.26. The number of para-hydroxylation sites is 1. The number of terminal acetylenes is 1. The maximum absolute atomic E-state index is 13.0. The van der Waals surface area contributed by atoms with Gasteiger partial charge in [-0.25, -0.2) is 9.69 Å². The number of benzene rings is 2. The molecule has 0 unspecified atom stereocenters. The first kappa shape index (κ1) is 18.7. The highest BCUT2D eigenvalue weighted by molar-refractivity contribution is 9.10. The summed E-state index contributed by atoms with van der Waals surface area (Å²) in [4.78, 5) is 38.7. The first-order chi connectivity index (χ1) is 14.0. The Balaban J connectivity index is 1.81. The van der Waals surface area contributed by atoms with E-state index in [1.165, 1.54) is 6.08 Å². The summed E-state index contributed by atoms with van der Waals surface area (Å²) in [5, 5.41) is 3.08. The van der Waals surface area contributed by atoms with Gasteiger partial charge in [0.25, 0.3) is 11.8 Å². The Morgan fingerprint density at radius 3 is 2.52 bits per heavy atom. The van der Waals surface area contributed by atoms with Crippen LogP contribution >= 0.6 is 15.9 Å². The number of carbonyl (C=O) groups excluding carboxylic acids is 3. The number of nitrogens with zero attached hydrogens (tertiary/aromatic N) is 2.